The van der Waals surface area contributed by atoms with Gasteiger partial charge in [-0.15, -0.1) is 29.9 Å². The van der Waals surface area contributed by atoms with E-state index in [1.807, 2.05) is 6.07 Å². The second-order valence-electron chi connectivity index (χ2n) is 15.8. The number of phenols is 1. The molecule has 0 saturated carbocycles. The van der Waals surface area contributed by atoms with Gasteiger partial charge in [-0.2, -0.15) is 27.2 Å². The molecule has 0 spiro atoms. The van der Waals surface area contributed by atoms with Crippen LogP contribution in [-0.4, -0.2) is 85.5 Å². The van der Waals surface area contributed by atoms with Crippen molar-refractivity contribution in [3.8, 4) is 34.6 Å². The van der Waals surface area contributed by atoms with Crippen LogP contribution in [0.3, 0.4) is 0 Å². The van der Waals surface area contributed by atoms with Gasteiger partial charge in [-0.3, -0.25) is 13.5 Å². The summed E-state index contributed by atoms with van der Waals surface area (Å²) < 4.78 is 70.7. The zero-order valence-electron chi connectivity index (χ0n) is 38.6. The minimum Gasteiger partial charge on any atom is -0.505 e. The van der Waals surface area contributed by atoms with Crippen LogP contribution >= 0.6 is 23.4 Å². The topological polar surface area (TPSA) is 363 Å². The van der Waals surface area contributed by atoms with Crippen molar-refractivity contribution in [2.24, 2.45) is 30.7 Å². The first-order valence-electron chi connectivity index (χ1n) is 21.4. The van der Waals surface area contributed by atoms with Crippen LogP contribution < -0.4 is 4.74 Å². The van der Waals surface area contributed by atoms with E-state index in [9.17, 15) is 46.8 Å². The first-order chi connectivity index (χ1) is 35.8. The average molecular weight is 1090 g/mol. The maximum atomic E-state index is 11.8. The number of phenolic OH excluding ortho intramolecular Hbond substituents is 1. The number of fused-ring (bicyclic) bond motifs is 5. The van der Waals surface area contributed by atoms with Crippen LogP contribution in [0.15, 0.2) is 145 Å². The van der Waals surface area contributed by atoms with Crippen LogP contribution in [0, 0.1) is 18.3 Å². The Morgan fingerprint density at radius 2 is 1.55 bits per heavy atom. The van der Waals surface area contributed by atoms with Crippen LogP contribution in [0.4, 0.5) is 33.6 Å². The zero-order valence-corrected chi connectivity index (χ0v) is 41.8. The summed E-state index contributed by atoms with van der Waals surface area (Å²) in [7, 11) is -7.96. The molecular formula is C47H36N10O14S4. The summed E-state index contributed by atoms with van der Waals surface area (Å²) in [5, 5.41) is 83.4. The highest BCUT2D eigenvalue weighted by atomic mass is 32.2. The third kappa shape index (κ3) is 12.5. The molecule has 0 aliphatic heterocycles. The number of rotatable bonds is 16. The van der Waals surface area contributed by atoms with Crippen LogP contribution in [0.2, 0.25) is 0 Å². The predicted molar refractivity (Wildman–Crippen MR) is 275 cm³/mol. The molecule has 0 amide bonds. The zero-order chi connectivity index (χ0) is 53.6. The number of aryl methyl sites for hydroxylation is 1. The van der Waals surface area contributed by atoms with Crippen molar-refractivity contribution in [2.75, 3.05) is 18.6 Å². The molecule has 9 rings (SSSR count). The van der Waals surface area contributed by atoms with Gasteiger partial charge in [0, 0.05) is 17.0 Å². The summed E-state index contributed by atoms with van der Waals surface area (Å²) in [4.78, 5) is 20.6. The molecule has 0 radical (unpaired) electrons. The van der Waals surface area contributed by atoms with Gasteiger partial charge in [0.25, 0.3) is 20.2 Å². The maximum Gasteiger partial charge on any atom is 0.335 e. The molecule has 0 aliphatic rings. The number of carbonyl (C=O) groups is 1. The van der Waals surface area contributed by atoms with E-state index in [1.54, 1.807) is 91.9 Å². The Morgan fingerprint density at radius 1 is 0.827 bits per heavy atom. The fourth-order valence-electron chi connectivity index (χ4n) is 7.34. The number of hydrogen-bond acceptors (Lipinski definition) is 22. The lowest BCUT2D eigenvalue weighted by atomic mass is 9.99. The molecule has 24 nitrogen and oxygen atoms in total. The molecule has 0 aliphatic carbocycles. The predicted octanol–water partition coefficient (Wildman–Crippen LogP) is 12.0. The molecule has 0 fully saturated rings. The molecule has 75 heavy (non-hydrogen) atoms. The number of nitriles is 1. The summed E-state index contributed by atoms with van der Waals surface area (Å²) in [6, 6.07) is 32.0. The molecular weight excluding hydrogens is 1060 g/mol. The van der Waals surface area contributed by atoms with Gasteiger partial charge < -0.3 is 20.1 Å². The van der Waals surface area contributed by atoms with Crippen molar-refractivity contribution in [3.63, 3.8) is 0 Å². The number of aromatic carboxylic acids is 1. The third-order valence-electron chi connectivity index (χ3n) is 10.5. The molecule has 0 unspecified atom stereocenters. The first kappa shape index (κ1) is 52.9. The minimum atomic E-state index is -4.29. The molecule has 6 N–H and O–H groups in total. The monoisotopic (exact) mass is 1090 g/mol. The average Bonchev–Trinajstić information content (AvgIpc) is 3.97. The van der Waals surface area contributed by atoms with Gasteiger partial charge in [0.2, 0.25) is 11.0 Å². The van der Waals surface area contributed by atoms with Gasteiger partial charge >= 0.3 is 5.97 Å². The Labute approximate surface area is 431 Å². The maximum absolute atomic E-state index is 11.8. The molecule has 0 bridgehead atoms. The van der Waals surface area contributed by atoms with E-state index in [4.69, 9.17) is 18.9 Å². The first-order valence-corrected chi connectivity index (χ1v) is 26.4. The van der Waals surface area contributed by atoms with Crippen LogP contribution in [0.5, 0.6) is 17.4 Å². The lowest BCUT2D eigenvalue weighted by Gasteiger charge is -2.13. The number of benzene rings is 6. The van der Waals surface area contributed by atoms with Crippen molar-refractivity contribution in [1.82, 2.24) is 14.4 Å². The van der Waals surface area contributed by atoms with Gasteiger partial charge in [0.15, 0.2) is 17.1 Å². The Morgan fingerprint density at radius 3 is 2.27 bits per heavy atom. The number of ether oxygens (including phenoxy) is 1. The fraction of sp³-hybridized carbons (Fsp3) is 0.106. The van der Waals surface area contributed by atoms with Crippen molar-refractivity contribution >= 4 is 121 Å². The van der Waals surface area contributed by atoms with Crippen molar-refractivity contribution in [1.29, 1.82) is 5.26 Å². The molecule has 0 atom stereocenters. The number of carboxylic acids is 1. The summed E-state index contributed by atoms with van der Waals surface area (Å²) in [5.74, 6) is -2.28. The van der Waals surface area contributed by atoms with Crippen LogP contribution in [0.1, 0.15) is 27.9 Å². The highest BCUT2D eigenvalue weighted by Crippen LogP contribution is 2.47. The van der Waals surface area contributed by atoms with Crippen LogP contribution in [0.25, 0.3) is 48.8 Å². The molecule has 28 heteroatoms. The number of carboxylic acid groups (broad SMARTS) is 1. The highest BCUT2D eigenvalue weighted by Gasteiger charge is 2.25. The fourth-order valence-corrected chi connectivity index (χ4v) is 9.14. The smallest absolute Gasteiger partial charge is 0.335 e. The summed E-state index contributed by atoms with van der Waals surface area (Å²) >= 11 is 1.61. The Bertz CT molecular complexity index is 4060. The number of hydrogen-bond donors (Lipinski definition) is 6. The van der Waals surface area contributed by atoms with E-state index >= 15 is 0 Å². The van der Waals surface area contributed by atoms with E-state index in [1.165, 1.54) is 22.6 Å². The summed E-state index contributed by atoms with van der Waals surface area (Å²) in [6.07, 6.45) is 0.622. The largest absolute Gasteiger partial charge is 0.505 e. The Balaban J connectivity index is 0.00000143. The Hall–Kier alpha value is -8.37. The molecule has 3 heterocycles. The number of aromatic hydroxyl groups is 2. The van der Waals surface area contributed by atoms with Crippen molar-refractivity contribution in [2.45, 2.75) is 18.2 Å². The van der Waals surface area contributed by atoms with Crippen LogP contribution in [-0.2, 0) is 29.6 Å². The third-order valence-corrected chi connectivity index (χ3v) is 12.9. The highest BCUT2D eigenvalue weighted by molar-refractivity contribution is 7.94. The van der Waals surface area contributed by atoms with Gasteiger partial charge in [-0.05, 0) is 90.5 Å². The van der Waals surface area contributed by atoms with E-state index < -0.39 is 32.0 Å². The van der Waals surface area contributed by atoms with Gasteiger partial charge in [-0.1, -0.05) is 58.8 Å². The second kappa shape index (κ2) is 22.4. The lowest BCUT2D eigenvalue weighted by molar-refractivity contribution is -0.432. The second-order valence-corrected chi connectivity index (χ2v) is 20.6. The van der Waals surface area contributed by atoms with Gasteiger partial charge in [-0.25, -0.2) is 20.0 Å². The number of thiazole rings is 1. The number of para-hydroxylation sites is 2. The number of azo groups is 3. The van der Waals surface area contributed by atoms with E-state index in [-0.39, 0.29) is 85.3 Å². The summed E-state index contributed by atoms with van der Waals surface area (Å²) in [6.45, 7) is 1.52. The van der Waals surface area contributed by atoms with Crippen molar-refractivity contribution < 1.29 is 65.4 Å². The standard InChI is InChI=1S/C46H32N10O11S3.CH4O3S/c1-24-18-34(36(65-16-7-17-70(62,63)64)22-33(24)51-55-46-49-32-15-12-26(45(59)60)20-37(32)68-46)52-53-40-38(69-67-66-61)21-27-19-28(13-14-29(27)42(40)57)50-54-41-39(25-8-3-2-4-9-25)30(23-47)43-48-31-10-5-6-11-35(31)56(43)44(41)58;1-5(2,3)4/h2-6,8-15,18-22,57-58,61H,7,16-17H2,1H3,(H,59,60)(H,62,63,64);1H3,(H,2,3,4). The molecule has 0 saturated heterocycles. The number of nitrogens with zero attached hydrogens (tertiary/aromatic N) is 10. The van der Waals surface area contributed by atoms with E-state index in [0.29, 0.717) is 67.3 Å². The minimum absolute atomic E-state index is 0.000719. The normalized spacial score (nSPS) is 12.1. The lowest BCUT2D eigenvalue weighted by Crippen LogP contribution is -2.08. The van der Waals surface area contributed by atoms with Gasteiger partial charge in [0.1, 0.15) is 28.8 Å². The number of imidazole rings is 1. The SMILES string of the molecule is CS(=O)(=O)O.Cc1cc(N=Nc2c(SOOO)cc3cc(N=Nc4c(-c5ccccc5)c(C#N)c5nc6ccccc6n5c4O)ccc3c2O)c(OCCCS(=O)(=O)O)cc1N=Nc1nc2ccc(C(=O)O)cc2s1. The molecule has 9 aromatic rings. The molecule has 3 aromatic heterocycles. The number of aromatic nitrogens is 3. The van der Waals surface area contributed by atoms with Crippen molar-refractivity contribution in [3.05, 3.63) is 126 Å². The van der Waals surface area contributed by atoms with E-state index in [0.717, 1.165) is 11.3 Å². The quantitative estimate of drug-likeness (QED) is 0.0131. The number of pyridine rings is 1. The summed E-state index contributed by atoms with van der Waals surface area (Å²) in [5.41, 5.74) is 4.09. The van der Waals surface area contributed by atoms with E-state index in [2.05, 4.69) is 51.8 Å². The molecule has 6 aromatic carbocycles. The van der Waals surface area contributed by atoms with Gasteiger partial charge in [0.05, 0.1) is 73.7 Å². The molecule has 382 valence electrons. The Kier molecular flexibility index (Phi) is 15.8.